The molecular formula is C12H25ClN2O4. The summed E-state index contributed by atoms with van der Waals surface area (Å²) in [5, 5.41) is 2.64. The number of nitrogens with one attached hydrogen (secondary N) is 1. The lowest BCUT2D eigenvalue weighted by molar-refractivity contribution is -0.142. The smallest absolute Gasteiger partial charge is 0.407 e. The van der Waals surface area contributed by atoms with E-state index in [0.717, 1.165) is 12.8 Å². The number of unbranched alkanes of at least 4 members (excludes halogenated alkanes) is 1. The van der Waals surface area contributed by atoms with Crippen molar-refractivity contribution in [1.29, 1.82) is 0 Å². The van der Waals surface area contributed by atoms with Gasteiger partial charge in [0.25, 0.3) is 0 Å². The Bertz CT molecular complexity index is 279. The number of alkyl carbamates (subject to hydrolysis) is 1. The number of hydrogen-bond acceptors (Lipinski definition) is 5. The Morgan fingerprint density at radius 1 is 1.26 bits per heavy atom. The van der Waals surface area contributed by atoms with Gasteiger partial charge >= 0.3 is 12.1 Å². The summed E-state index contributed by atoms with van der Waals surface area (Å²) in [5.74, 6) is -0.407. The highest BCUT2D eigenvalue weighted by atomic mass is 35.5. The standard InChI is InChI=1S/C12H24N2O4.ClH/c1-12(2,3)18-11(16)14-8-6-5-7-9(13)10(15)17-4;/h9H,5-8,13H2,1-4H3,(H,14,16);1H/t9-;/m1./s1. The minimum Gasteiger partial charge on any atom is -0.468 e. The molecule has 19 heavy (non-hydrogen) atoms. The van der Waals surface area contributed by atoms with Crippen LogP contribution in [0.1, 0.15) is 40.0 Å². The Morgan fingerprint density at radius 2 is 1.84 bits per heavy atom. The lowest BCUT2D eigenvalue weighted by atomic mass is 10.1. The molecular weight excluding hydrogens is 272 g/mol. The molecule has 0 spiro atoms. The van der Waals surface area contributed by atoms with Crippen LogP contribution >= 0.6 is 12.4 Å². The van der Waals surface area contributed by atoms with Gasteiger partial charge in [0.05, 0.1) is 7.11 Å². The molecule has 114 valence electrons. The molecule has 0 aromatic carbocycles. The van der Waals surface area contributed by atoms with Crippen LogP contribution < -0.4 is 11.1 Å². The molecule has 0 aromatic rings. The van der Waals surface area contributed by atoms with Crippen LogP contribution in [0.2, 0.25) is 0 Å². The summed E-state index contributed by atoms with van der Waals surface area (Å²) < 4.78 is 9.58. The summed E-state index contributed by atoms with van der Waals surface area (Å²) >= 11 is 0. The molecule has 0 fully saturated rings. The van der Waals surface area contributed by atoms with Gasteiger partial charge in [-0.2, -0.15) is 0 Å². The Kier molecular flexibility index (Phi) is 10.5. The molecule has 1 atom stereocenters. The van der Waals surface area contributed by atoms with Crippen molar-refractivity contribution in [2.24, 2.45) is 5.73 Å². The van der Waals surface area contributed by atoms with Crippen LogP contribution in [0, 0.1) is 0 Å². The summed E-state index contributed by atoms with van der Waals surface area (Å²) in [4.78, 5) is 22.3. The van der Waals surface area contributed by atoms with E-state index in [0.29, 0.717) is 13.0 Å². The van der Waals surface area contributed by atoms with Gasteiger partial charge in [0.1, 0.15) is 11.6 Å². The normalized spacial score (nSPS) is 12.1. The van der Waals surface area contributed by atoms with Crippen molar-refractivity contribution >= 4 is 24.5 Å². The quantitative estimate of drug-likeness (QED) is 0.574. The number of methoxy groups -OCH3 is 1. The van der Waals surface area contributed by atoms with E-state index in [2.05, 4.69) is 10.1 Å². The largest absolute Gasteiger partial charge is 0.468 e. The van der Waals surface area contributed by atoms with Crippen LogP contribution in [0.3, 0.4) is 0 Å². The van der Waals surface area contributed by atoms with Crippen molar-refractivity contribution in [3.8, 4) is 0 Å². The van der Waals surface area contributed by atoms with Crippen LogP contribution in [0.15, 0.2) is 0 Å². The van der Waals surface area contributed by atoms with Gasteiger partial charge in [-0.1, -0.05) is 0 Å². The minimum atomic E-state index is -0.587. The molecule has 0 saturated heterocycles. The maximum absolute atomic E-state index is 11.3. The number of carbonyl (C=O) groups excluding carboxylic acids is 2. The zero-order chi connectivity index (χ0) is 14.2. The van der Waals surface area contributed by atoms with E-state index in [1.165, 1.54) is 7.11 Å². The summed E-state index contributed by atoms with van der Waals surface area (Å²) in [6, 6.07) is -0.587. The lowest BCUT2D eigenvalue weighted by Crippen LogP contribution is -2.33. The zero-order valence-electron chi connectivity index (χ0n) is 12.0. The number of hydrogen-bond donors (Lipinski definition) is 2. The Hall–Kier alpha value is -1.01. The maximum Gasteiger partial charge on any atom is 0.407 e. The Morgan fingerprint density at radius 3 is 2.32 bits per heavy atom. The second kappa shape index (κ2) is 9.86. The van der Waals surface area contributed by atoms with Crippen LogP contribution in [0.25, 0.3) is 0 Å². The number of nitrogens with two attached hydrogens (primary N) is 1. The molecule has 7 heteroatoms. The molecule has 0 aromatic heterocycles. The van der Waals surface area contributed by atoms with E-state index in [-0.39, 0.29) is 12.4 Å². The average molecular weight is 297 g/mol. The number of rotatable bonds is 6. The fourth-order valence-corrected chi connectivity index (χ4v) is 1.26. The van der Waals surface area contributed by atoms with Crippen molar-refractivity contribution < 1.29 is 19.1 Å². The monoisotopic (exact) mass is 296 g/mol. The first kappa shape index (κ1) is 20.3. The first-order chi connectivity index (χ1) is 8.26. The fraction of sp³-hybridized carbons (Fsp3) is 0.833. The van der Waals surface area contributed by atoms with Crippen LogP contribution in [0.4, 0.5) is 4.79 Å². The first-order valence-corrected chi connectivity index (χ1v) is 6.06. The summed E-state index contributed by atoms with van der Waals surface area (Å²) in [5.41, 5.74) is 5.08. The summed E-state index contributed by atoms with van der Waals surface area (Å²) in [6.45, 7) is 5.93. The molecule has 3 N–H and O–H groups in total. The Balaban J connectivity index is 0. The number of amides is 1. The third-order valence-electron chi connectivity index (χ3n) is 2.11. The molecule has 1 amide bonds. The third-order valence-corrected chi connectivity index (χ3v) is 2.11. The van der Waals surface area contributed by atoms with E-state index in [1.54, 1.807) is 0 Å². The third kappa shape index (κ3) is 11.8. The summed E-state index contributed by atoms with van der Waals surface area (Å²) in [6.07, 6.45) is 1.60. The molecule has 0 rings (SSSR count). The van der Waals surface area contributed by atoms with Gasteiger partial charge in [0, 0.05) is 6.54 Å². The van der Waals surface area contributed by atoms with E-state index < -0.39 is 23.7 Å². The SMILES string of the molecule is COC(=O)[C@H](N)CCCCNC(=O)OC(C)(C)C.Cl. The lowest BCUT2D eigenvalue weighted by Gasteiger charge is -2.19. The molecule has 0 aliphatic rings. The van der Waals surface area contributed by atoms with E-state index in [1.807, 2.05) is 20.8 Å². The number of ether oxygens (including phenoxy) is 2. The van der Waals surface area contributed by atoms with Crippen molar-refractivity contribution in [3.05, 3.63) is 0 Å². The second-order valence-electron chi connectivity index (χ2n) is 5.05. The molecule has 0 saturated carbocycles. The molecule has 6 nitrogen and oxygen atoms in total. The Labute approximate surface area is 120 Å². The first-order valence-electron chi connectivity index (χ1n) is 6.06. The van der Waals surface area contributed by atoms with Crippen LogP contribution in [-0.4, -0.2) is 37.4 Å². The topological polar surface area (TPSA) is 90.6 Å². The molecule has 0 bridgehead atoms. The number of esters is 1. The van der Waals surface area contributed by atoms with Crippen LogP contribution in [-0.2, 0) is 14.3 Å². The van der Waals surface area contributed by atoms with E-state index in [4.69, 9.17) is 10.5 Å². The highest BCUT2D eigenvalue weighted by Gasteiger charge is 2.16. The number of carbonyl (C=O) groups is 2. The van der Waals surface area contributed by atoms with E-state index in [9.17, 15) is 9.59 Å². The zero-order valence-corrected chi connectivity index (χ0v) is 12.8. The van der Waals surface area contributed by atoms with Gasteiger partial charge in [-0.15, -0.1) is 12.4 Å². The molecule has 0 heterocycles. The van der Waals surface area contributed by atoms with Crippen molar-refractivity contribution in [1.82, 2.24) is 5.32 Å². The molecule has 0 aliphatic heterocycles. The predicted molar refractivity (Wildman–Crippen MR) is 75.3 cm³/mol. The van der Waals surface area contributed by atoms with Gasteiger partial charge < -0.3 is 20.5 Å². The molecule has 0 radical (unpaired) electrons. The highest BCUT2D eigenvalue weighted by molar-refractivity contribution is 5.85. The van der Waals surface area contributed by atoms with Crippen molar-refractivity contribution in [2.45, 2.75) is 51.7 Å². The summed E-state index contributed by atoms with van der Waals surface area (Å²) in [7, 11) is 1.31. The van der Waals surface area contributed by atoms with Crippen molar-refractivity contribution in [3.63, 3.8) is 0 Å². The van der Waals surface area contributed by atoms with Gasteiger partial charge in [0.2, 0.25) is 0 Å². The van der Waals surface area contributed by atoms with E-state index >= 15 is 0 Å². The minimum absolute atomic E-state index is 0. The fourth-order valence-electron chi connectivity index (χ4n) is 1.26. The van der Waals surface area contributed by atoms with Gasteiger partial charge in [0.15, 0.2) is 0 Å². The van der Waals surface area contributed by atoms with Gasteiger partial charge in [-0.05, 0) is 40.0 Å². The second-order valence-corrected chi connectivity index (χ2v) is 5.05. The maximum atomic E-state index is 11.3. The van der Waals surface area contributed by atoms with Gasteiger partial charge in [-0.3, -0.25) is 4.79 Å². The van der Waals surface area contributed by atoms with Gasteiger partial charge in [-0.25, -0.2) is 4.79 Å². The van der Waals surface area contributed by atoms with Crippen LogP contribution in [0.5, 0.6) is 0 Å². The predicted octanol–water partition coefficient (Wildman–Crippen LogP) is 1.60. The number of halogens is 1. The van der Waals surface area contributed by atoms with Crippen molar-refractivity contribution in [2.75, 3.05) is 13.7 Å². The molecule has 0 unspecified atom stereocenters. The average Bonchev–Trinajstić information content (AvgIpc) is 2.24. The molecule has 0 aliphatic carbocycles. The highest BCUT2D eigenvalue weighted by Crippen LogP contribution is 2.06.